The van der Waals surface area contributed by atoms with E-state index in [1.807, 2.05) is 0 Å². The van der Waals surface area contributed by atoms with Crippen LogP contribution >= 0.6 is 0 Å². The van der Waals surface area contributed by atoms with Gasteiger partial charge in [-0.2, -0.15) is 0 Å². The third-order valence-corrected chi connectivity index (χ3v) is 15.1. The minimum Gasteiger partial charge on any atom is -0.310 e. The topological polar surface area (TPSA) is 3.24 Å². The van der Waals surface area contributed by atoms with E-state index in [2.05, 4.69) is 183 Å². The molecular formula is C55H47N. The summed E-state index contributed by atoms with van der Waals surface area (Å²) in [6.45, 7) is 4.76. The van der Waals surface area contributed by atoms with Crippen molar-refractivity contribution in [3.63, 3.8) is 0 Å². The predicted molar refractivity (Wildman–Crippen MR) is 233 cm³/mol. The van der Waals surface area contributed by atoms with E-state index in [-0.39, 0.29) is 10.8 Å². The van der Waals surface area contributed by atoms with Crippen LogP contribution in [0.1, 0.15) is 68.2 Å². The third-order valence-electron chi connectivity index (χ3n) is 15.1. The molecule has 1 heteroatoms. The molecule has 7 aromatic carbocycles. The highest BCUT2D eigenvalue weighted by Gasteiger charge is 2.58. The first-order chi connectivity index (χ1) is 27.5. The van der Waals surface area contributed by atoms with E-state index in [1.54, 1.807) is 11.1 Å². The van der Waals surface area contributed by atoms with Crippen molar-refractivity contribution in [2.24, 2.45) is 23.7 Å². The molecule has 2 unspecified atom stereocenters. The van der Waals surface area contributed by atoms with Crippen LogP contribution in [0.4, 0.5) is 17.1 Å². The zero-order valence-corrected chi connectivity index (χ0v) is 32.4. The number of benzene rings is 7. The molecule has 0 radical (unpaired) electrons. The van der Waals surface area contributed by atoms with Gasteiger partial charge in [0.2, 0.25) is 0 Å². The Hall–Kier alpha value is -5.66. The van der Waals surface area contributed by atoms with Gasteiger partial charge < -0.3 is 4.90 Å². The van der Waals surface area contributed by atoms with E-state index in [9.17, 15) is 0 Å². The van der Waals surface area contributed by atoms with E-state index in [4.69, 9.17) is 0 Å². The molecule has 0 aliphatic heterocycles. The molecule has 0 amide bonds. The monoisotopic (exact) mass is 721 g/mol. The quantitative estimate of drug-likeness (QED) is 0.171. The van der Waals surface area contributed by atoms with Gasteiger partial charge >= 0.3 is 0 Å². The second kappa shape index (κ2) is 11.9. The highest BCUT2D eigenvalue weighted by Crippen LogP contribution is 2.68. The zero-order valence-electron chi connectivity index (χ0n) is 32.4. The first-order valence-corrected chi connectivity index (χ1v) is 21.0. The highest BCUT2D eigenvalue weighted by molar-refractivity contribution is 5.93. The van der Waals surface area contributed by atoms with Crippen LogP contribution in [0.5, 0.6) is 0 Å². The summed E-state index contributed by atoms with van der Waals surface area (Å²) in [7, 11) is 0. The summed E-state index contributed by atoms with van der Waals surface area (Å²) < 4.78 is 0. The number of hydrogen-bond donors (Lipinski definition) is 0. The number of nitrogens with zero attached hydrogens (tertiary/aromatic N) is 1. The molecule has 0 saturated heterocycles. The van der Waals surface area contributed by atoms with Crippen molar-refractivity contribution in [3.8, 4) is 44.5 Å². The van der Waals surface area contributed by atoms with Crippen molar-refractivity contribution < 1.29 is 0 Å². The molecule has 4 fully saturated rings. The largest absolute Gasteiger partial charge is 0.310 e. The van der Waals surface area contributed by atoms with Crippen LogP contribution in [0.2, 0.25) is 0 Å². The number of rotatable bonds is 5. The summed E-state index contributed by atoms with van der Waals surface area (Å²) >= 11 is 0. The van der Waals surface area contributed by atoms with Crippen LogP contribution in [0.25, 0.3) is 44.5 Å². The van der Waals surface area contributed by atoms with Crippen LogP contribution in [0, 0.1) is 23.7 Å². The van der Waals surface area contributed by atoms with Gasteiger partial charge in [0, 0.05) is 27.8 Å². The molecule has 6 aliphatic rings. The van der Waals surface area contributed by atoms with Crippen LogP contribution in [0.3, 0.4) is 0 Å². The lowest BCUT2D eigenvalue weighted by atomic mass is 9.65. The van der Waals surface area contributed by atoms with Gasteiger partial charge in [-0.3, -0.25) is 0 Å². The molecule has 4 saturated carbocycles. The zero-order chi connectivity index (χ0) is 37.2. The molecule has 1 nitrogen and oxygen atoms in total. The average molecular weight is 722 g/mol. The van der Waals surface area contributed by atoms with Crippen molar-refractivity contribution in [1.82, 2.24) is 0 Å². The molecule has 7 aromatic rings. The summed E-state index contributed by atoms with van der Waals surface area (Å²) in [5, 5.41) is 0. The maximum absolute atomic E-state index is 2.56. The maximum Gasteiger partial charge on any atom is 0.0540 e. The Morgan fingerprint density at radius 1 is 0.429 bits per heavy atom. The Morgan fingerprint density at radius 2 is 1.00 bits per heavy atom. The van der Waals surface area contributed by atoms with E-state index >= 15 is 0 Å². The summed E-state index contributed by atoms with van der Waals surface area (Å²) in [4.78, 5) is 2.50. The fourth-order valence-electron chi connectivity index (χ4n) is 12.8. The molecule has 56 heavy (non-hydrogen) atoms. The molecular weight excluding hydrogens is 675 g/mol. The van der Waals surface area contributed by atoms with E-state index < -0.39 is 0 Å². The Balaban J connectivity index is 1.02. The lowest BCUT2D eigenvalue weighted by Crippen LogP contribution is -2.33. The minimum absolute atomic E-state index is 0.0918. The van der Waals surface area contributed by atoms with Gasteiger partial charge in [0.25, 0.3) is 0 Å². The van der Waals surface area contributed by atoms with Crippen LogP contribution < -0.4 is 4.90 Å². The third kappa shape index (κ3) is 4.55. The second-order valence-corrected chi connectivity index (χ2v) is 18.2. The molecule has 4 bridgehead atoms. The molecule has 1 spiro atoms. The molecule has 0 heterocycles. The molecule has 0 aromatic heterocycles. The van der Waals surface area contributed by atoms with E-state index in [0.29, 0.717) is 0 Å². The minimum atomic E-state index is -0.0918. The average Bonchev–Trinajstić information content (AvgIpc) is 3.89. The smallest absolute Gasteiger partial charge is 0.0540 e. The molecule has 13 rings (SSSR count). The van der Waals surface area contributed by atoms with Gasteiger partial charge in [0.15, 0.2) is 0 Å². The number of hydrogen-bond acceptors (Lipinski definition) is 1. The Kier molecular flexibility index (Phi) is 6.93. The van der Waals surface area contributed by atoms with Gasteiger partial charge in [-0.05, 0) is 153 Å². The lowest BCUT2D eigenvalue weighted by Gasteiger charge is -2.38. The maximum atomic E-state index is 2.56. The SMILES string of the molecule is CC1(C)c2ccccc2-c2ccc(N(c3ccc(-c4ccccc4)cc3)c3ccccc3-c3ccc4c(c3)-c3ccccc3[C@]43CC4C[C@@H]5CC3C[C@@H]5C4)cc21. The number of fused-ring (bicyclic) bond motifs is 6. The Morgan fingerprint density at radius 3 is 1.77 bits per heavy atom. The second-order valence-electron chi connectivity index (χ2n) is 18.2. The number of anilines is 3. The molecule has 0 N–H and O–H groups in total. The van der Waals surface area contributed by atoms with Gasteiger partial charge in [-0.15, -0.1) is 0 Å². The van der Waals surface area contributed by atoms with Gasteiger partial charge in [0.1, 0.15) is 0 Å². The lowest BCUT2D eigenvalue weighted by molar-refractivity contribution is 0.305. The first kappa shape index (κ1) is 32.6. The van der Waals surface area contributed by atoms with Crippen molar-refractivity contribution in [3.05, 3.63) is 186 Å². The Bertz CT molecular complexity index is 2670. The van der Waals surface area contributed by atoms with Gasteiger partial charge in [0.05, 0.1) is 5.69 Å². The predicted octanol–water partition coefficient (Wildman–Crippen LogP) is 14.5. The van der Waals surface area contributed by atoms with E-state index in [1.165, 1.54) is 99.1 Å². The van der Waals surface area contributed by atoms with Gasteiger partial charge in [-0.25, -0.2) is 0 Å². The Labute approximate surface area is 331 Å². The summed E-state index contributed by atoms with van der Waals surface area (Å²) in [6, 6.07) is 62.2. The highest BCUT2D eigenvalue weighted by atomic mass is 15.1. The standard InChI is InChI=1S/C55H47N/c1-54(2)49-17-9-6-15-45(49)47-26-25-43(33-52(47)54)56(42-23-20-37(21-24-42)36-12-4-3-5-13-36)53-19-11-8-14-44(53)38-22-27-51-48(32-38)46-16-7-10-18-50(46)55(51)34-35-28-39-30-41(55)31-40(39)29-35/h3-27,32-33,35,39-41H,28-31,34H2,1-2H3/t35?,39-,40+,41?,55-/m1/s1. The summed E-state index contributed by atoms with van der Waals surface area (Å²) in [5.74, 6) is 3.54. The van der Waals surface area contributed by atoms with Crippen molar-refractivity contribution in [1.29, 1.82) is 0 Å². The van der Waals surface area contributed by atoms with Crippen LogP contribution in [-0.4, -0.2) is 0 Å². The van der Waals surface area contributed by atoms with Crippen molar-refractivity contribution in [2.45, 2.75) is 56.8 Å². The fraction of sp³-hybridized carbons (Fsp3) is 0.236. The molecule has 5 atom stereocenters. The van der Waals surface area contributed by atoms with Crippen molar-refractivity contribution in [2.75, 3.05) is 4.90 Å². The molecule has 6 aliphatic carbocycles. The number of para-hydroxylation sites is 1. The van der Waals surface area contributed by atoms with Gasteiger partial charge in [-0.1, -0.05) is 141 Å². The summed E-state index contributed by atoms with van der Waals surface area (Å²) in [6.07, 6.45) is 7.08. The summed E-state index contributed by atoms with van der Waals surface area (Å²) in [5.41, 5.74) is 20.2. The van der Waals surface area contributed by atoms with Crippen LogP contribution in [0.15, 0.2) is 164 Å². The fourth-order valence-corrected chi connectivity index (χ4v) is 12.8. The van der Waals surface area contributed by atoms with Crippen LogP contribution in [-0.2, 0) is 10.8 Å². The first-order valence-electron chi connectivity index (χ1n) is 21.0. The normalized spacial score (nSPS) is 24.1. The van der Waals surface area contributed by atoms with Crippen molar-refractivity contribution >= 4 is 17.1 Å². The van der Waals surface area contributed by atoms with E-state index in [0.717, 1.165) is 29.4 Å². The molecule has 272 valence electrons.